The topological polar surface area (TPSA) is 65.4 Å². The van der Waals surface area contributed by atoms with Crippen LogP contribution in [0.4, 0.5) is 0 Å². The van der Waals surface area contributed by atoms with E-state index in [1.807, 2.05) is 6.08 Å². The van der Waals surface area contributed by atoms with E-state index in [0.29, 0.717) is 17.3 Å². The van der Waals surface area contributed by atoms with E-state index in [4.69, 9.17) is 4.74 Å². The second-order valence-electron chi connectivity index (χ2n) is 6.02. The van der Waals surface area contributed by atoms with Crippen molar-refractivity contribution in [1.82, 2.24) is 3.97 Å². The molecule has 0 aliphatic heterocycles. The predicted octanol–water partition coefficient (Wildman–Crippen LogP) is 4.03. The van der Waals surface area contributed by atoms with Crippen molar-refractivity contribution >= 4 is 49.5 Å². The Bertz CT molecular complexity index is 1000. The SMILES string of the molecule is CCOC(=O)c1cn(S(=O)(=O)C2(C)C=CC(I)=CC2)c2ccccc12. The summed E-state index contributed by atoms with van der Waals surface area (Å²) in [4.78, 5) is 12.2. The van der Waals surface area contributed by atoms with Crippen LogP contribution in [0, 0.1) is 0 Å². The summed E-state index contributed by atoms with van der Waals surface area (Å²) in [6, 6.07) is 6.96. The third-order valence-electron chi connectivity index (χ3n) is 4.32. The Balaban J connectivity index is 2.19. The number of hydrogen-bond acceptors (Lipinski definition) is 4. The van der Waals surface area contributed by atoms with Crippen LogP contribution in [0.1, 0.15) is 30.6 Å². The molecular formula is C18H18INO4S. The number of benzene rings is 1. The first-order valence-corrected chi connectivity index (χ1v) is 10.4. The fourth-order valence-corrected chi connectivity index (χ4v) is 4.87. The number of rotatable bonds is 4. The Labute approximate surface area is 160 Å². The molecule has 0 bridgehead atoms. The lowest BCUT2D eigenvalue weighted by Crippen LogP contribution is -2.38. The monoisotopic (exact) mass is 471 g/mol. The lowest BCUT2D eigenvalue weighted by atomic mass is 10.0. The van der Waals surface area contributed by atoms with Crippen LogP contribution in [0.2, 0.25) is 0 Å². The van der Waals surface area contributed by atoms with Gasteiger partial charge in [-0.25, -0.2) is 17.2 Å². The lowest BCUT2D eigenvalue weighted by Gasteiger charge is -2.27. The molecule has 0 N–H and O–H groups in total. The van der Waals surface area contributed by atoms with E-state index >= 15 is 0 Å². The molecule has 0 saturated carbocycles. The van der Waals surface area contributed by atoms with Crippen molar-refractivity contribution in [2.75, 3.05) is 6.61 Å². The Kier molecular flexibility index (Phi) is 4.80. The molecule has 0 saturated heterocycles. The summed E-state index contributed by atoms with van der Waals surface area (Å²) in [5, 5.41) is 0.568. The fourth-order valence-electron chi connectivity index (χ4n) is 2.83. The van der Waals surface area contributed by atoms with Crippen LogP contribution in [-0.4, -0.2) is 29.7 Å². The highest BCUT2D eigenvalue weighted by Gasteiger charge is 2.40. The third-order valence-corrected chi connectivity index (χ3v) is 7.42. The maximum atomic E-state index is 13.4. The Hall–Kier alpha value is -1.61. The van der Waals surface area contributed by atoms with Crippen LogP contribution in [0.3, 0.4) is 0 Å². The maximum absolute atomic E-state index is 13.4. The second-order valence-corrected chi connectivity index (χ2v) is 9.54. The van der Waals surface area contributed by atoms with Crippen molar-refractivity contribution in [3.8, 4) is 0 Å². The zero-order chi connectivity index (χ0) is 18.2. The predicted molar refractivity (Wildman–Crippen MR) is 106 cm³/mol. The van der Waals surface area contributed by atoms with Gasteiger partial charge in [-0.05, 0) is 48.9 Å². The molecule has 0 fully saturated rings. The van der Waals surface area contributed by atoms with Crippen molar-refractivity contribution in [3.05, 3.63) is 57.8 Å². The normalized spacial score (nSPS) is 20.5. The molecule has 7 heteroatoms. The third kappa shape index (κ3) is 3.03. The summed E-state index contributed by atoms with van der Waals surface area (Å²) in [6.45, 7) is 3.64. The van der Waals surface area contributed by atoms with E-state index in [1.165, 1.54) is 10.2 Å². The van der Waals surface area contributed by atoms with Crippen molar-refractivity contribution in [2.45, 2.75) is 25.0 Å². The van der Waals surface area contributed by atoms with Crippen LogP contribution in [0.15, 0.2) is 52.3 Å². The number of hydrogen-bond donors (Lipinski definition) is 0. The Morgan fingerprint density at radius 1 is 1.36 bits per heavy atom. The number of para-hydroxylation sites is 1. The van der Waals surface area contributed by atoms with Gasteiger partial charge in [-0.3, -0.25) is 0 Å². The molecule has 1 aliphatic rings. The van der Waals surface area contributed by atoms with E-state index in [-0.39, 0.29) is 12.2 Å². The standard InChI is InChI=1S/C18H18INO4S/c1-3-24-17(21)15-12-20(16-7-5-4-6-14(15)16)25(22,23)18(2)10-8-13(19)9-11-18/h4-10,12H,3,11H2,1-2H3. The van der Waals surface area contributed by atoms with Crippen LogP contribution >= 0.6 is 22.6 Å². The summed E-state index contributed by atoms with van der Waals surface area (Å²) in [5.41, 5.74) is 0.735. The number of nitrogens with zero attached hydrogens (tertiary/aromatic N) is 1. The number of fused-ring (bicyclic) bond motifs is 1. The van der Waals surface area contributed by atoms with Crippen molar-refractivity contribution in [1.29, 1.82) is 0 Å². The van der Waals surface area contributed by atoms with Gasteiger partial charge in [0.2, 0.25) is 10.0 Å². The van der Waals surface area contributed by atoms with Gasteiger partial charge in [-0.15, -0.1) is 0 Å². The largest absolute Gasteiger partial charge is 0.462 e. The van der Waals surface area contributed by atoms with Crippen molar-refractivity contribution in [3.63, 3.8) is 0 Å². The zero-order valence-corrected chi connectivity index (χ0v) is 16.9. The summed E-state index contributed by atoms with van der Waals surface area (Å²) >= 11 is 2.16. The first kappa shape index (κ1) is 18.2. The molecule has 1 aromatic heterocycles. The molecule has 0 amide bonds. The molecule has 1 aliphatic carbocycles. The molecule has 0 spiro atoms. The highest BCUT2D eigenvalue weighted by Crippen LogP contribution is 2.35. The van der Waals surface area contributed by atoms with Gasteiger partial charge in [0.25, 0.3) is 0 Å². The summed E-state index contributed by atoms with van der Waals surface area (Å²) < 4.78 is 32.9. The smallest absolute Gasteiger partial charge is 0.340 e. The van der Waals surface area contributed by atoms with Crippen molar-refractivity contribution < 1.29 is 17.9 Å². The number of allylic oxidation sites excluding steroid dienone is 3. The molecule has 132 valence electrons. The molecule has 1 unspecified atom stereocenters. The van der Waals surface area contributed by atoms with Gasteiger partial charge in [0.15, 0.2) is 0 Å². The zero-order valence-electron chi connectivity index (χ0n) is 13.9. The van der Waals surface area contributed by atoms with Gasteiger partial charge in [0, 0.05) is 15.2 Å². The van der Waals surface area contributed by atoms with E-state index in [1.54, 1.807) is 50.3 Å². The number of carbonyl (C=O) groups is 1. The summed E-state index contributed by atoms with van der Waals surface area (Å²) in [5.74, 6) is -0.522. The fraction of sp³-hybridized carbons (Fsp3) is 0.278. The maximum Gasteiger partial charge on any atom is 0.340 e. The van der Waals surface area contributed by atoms with E-state index in [9.17, 15) is 13.2 Å². The summed E-state index contributed by atoms with van der Waals surface area (Å²) in [6.07, 6.45) is 7.17. The van der Waals surface area contributed by atoms with Crippen molar-refractivity contribution in [2.24, 2.45) is 0 Å². The molecule has 2 aromatic rings. The van der Waals surface area contributed by atoms with Crippen LogP contribution < -0.4 is 0 Å². The first-order valence-electron chi connectivity index (χ1n) is 7.87. The first-order chi connectivity index (χ1) is 11.8. The number of ether oxygens (including phenoxy) is 1. The van der Waals surface area contributed by atoms with Gasteiger partial charge >= 0.3 is 5.97 Å². The number of aromatic nitrogens is 1. The number of carbonyl (C=O) groups excluding carboxylic acids is 1. The molecule has 0 radical (unpaired) electrons. The minimum atomic E-state index is -3.77. The lowest BCUT2D eigenvalue weighted by molar-refractivity contribution is 0.0528. The summed E-state index contributed by atoms with van der Waals surface area (Å²) in [7, 11) is -3.77. The van der Waals surface area contributed by atoms with E-state index in [2.05, 4.69) is 22.6 Å². The molecule has 3 rings (SSSR count). The average molecular weight is 471 g/mol. The van der Waals surface area contributed by atoms with E-state index in [0.717, 1.165) is 3.58 Å². The van der Waals surface area contributed by atoms with Gasteiger partial charge in [-0.2, -0.15) is 0 Å². The Morgan fingerprint density at radius 2 is 2.08 bits per heavy atom. The molecule has 5 nitrogen and oxygen atoms in total. The van der Waals surface area contributed by atoms with Gasteiger partial charge in [-0.1, -0.05) is 36.4 Å². The highest BCUT2D eigenvalue weighted by molar-refractivity contribution is 14.1. The van der Waals surface area contributed by atoms with Crippen LogP contribution in [0.25, 0.3) is 10.9 Å². The molecule has 1 aromatic carbocycles. The Morgan fingerprint density at radius 3 is 2.72 bits per heavy atom. The minimum Gasteiger partial charge on any atom is -0.462 e. The van der Waals surface area contributed by atoms with Crippen LogP contribution in [-0.2, 0) is 14.8 Å². The second kappa shape index (κ2) is 6.60. The molecule has 1 atom stereocenters. The molecule has 1 heterocycles. The van der Waals surface area contributed by atoms with Gasteiger partial charge in [0.05, 0.1) is 17.7 Å². The molecule has 25 heavy (non-hydrogen) atoms. The minimum absolute atomic E-state index is 0.231. The number of halogens is 1. The number of esters is 1. The quantitative estimate of drug-likeness (QED) is 0.499. The highest BCUT2D eigenvalue weighted by atomic mass is 127. The van der Waals surface area contributed by atoms with Crippen LogP contribution in [0.5, 0.6) is 0 Å². The van der Waals surface area contributed by atoms with Gasteiger partial charge < -0.3 is 4.74 Å². The average Bonchev–Trinajstić information content (AvgIpc) is 2.98. The van der Waals surface area contributed by atoms with E-state index < -0.39 is 20.7 Å². The molecular weight excluding hydrogens is 453 g/mol. The van der Waals surface area contributed by atoms with Gasteiger partial charge in [0.1, 0.15) is 4.75 Å².